The number of imidazole rings is 1. The number of hydrogen-bond donors (Lipinski definition) is 1. The highest BCUT2D eigenvalue weighted by Crippen LogP contribution is 2.37. The molecule has 0 radical (unpaired) electrons. The van der Waals surface area contributed by atoms with Crippen LogP contribution < -0.4 is 15.7 Å². The lowest BCUT2D eigenvalue weighted by atomic mass is 10.2. The van der Waals surface area contributed by atoms with E-state index in [4.69, 9.17) is 16.3 Å². The van der Waals surface area contributed by atoms with Gasteiger partial charge < -0.3 is 10.1 Å². The Hall–Kier alpha value is -3.16. The number of rotatable bonds is 5. The van der Waals surface area contributed by atoms with Gasteiger partial charge in [0.1, 0.15) is 5.75 Å². The van der Waals surface area contributed by atoms with E-state index in [1.165, 1.54) is 11.8 Å². The van der Waals surface area contributed by atoms with Gasteiger partial charge in [0.15, 0.2) is 0 Å². The number of ether oxygens (including phenoxy) is 1. The van der Waals surface area contributed by atoms with Crippen LogP contribution >= 0.6 is 23.4 Å². The zero-order valence-corrected chi connectivity index (χ0v) is 18.8. The number of carbonyl (C=O) groups excluding carboxylic acids is 1. The van der Waals surface area contributed by atoms with E-state index in [2.05, 4.69) is 5.32 Å². The lowest BCUT2D eigenvalue weighted by molar-refractivity contribution is 0.102. The molecule has 1 heterocycles. The summed E-state index contributed by atoms with van der Waals surface area (Å²) in [5, 5.41) is 3.55. The van der Waals surface area contributed by atoms with Crippen LogP contribution in [0.2, 0.25) is 5.02 Å². The van der Waals surface area contributed by atoms with Gasteiger partial charge in [-0.1, -0.05) is 23.4 Å². The second kappa shape index (κ2) is 8.53. The van der Waals surface area contributed by atoms with Gasteiger partial charge in [0.2, 0.25) is 0 Å². The van der Waals surface area contributed by atoms with Crippen molar-refractivity contribution in [1.29, 1.82) is 0 Å². The minimum absolute atomic E-state index is 0.128. The first-order valence-electron chi connectivity index (χ1n) is 9.45. The first kappa shape index (κ1) is 21.1. The number of fused-ring (bicyclic) bond motifs is 1. The number of nitrogens with one attached hydrogen (secondary N) is 1. The van der Waals surface area contributed by atoms with Crippen LogP contribution in [0.3, 0.4) is 0 Å². The number of anilines is 1. The molecular formula is C23H20ClN3O3S. The van der Waals surface area contributed by atoms with E-state index in [0.717, 1.165) is 26.6 Å². The predicted octanol–water partition coefficient (Wildman–Crippen LogP) is 4.94. The Morgan fingerprint density at radius 1 is 0.968 bits per heavy atom. The molecule has 0 aliphatic heterocycles. The number of amides is 1. The third-order valence-corrected chi connectivity index (χ3v) is 6.33. The van der Waals surface area contributed by atoms with Crippen molar-refractivity contribution in [1.82, 2.24) is 9.13 Å². The minimum Gasteiger partial charge on any atom is -0.497 e. The van der Waals surface area contributed by atoms with E-state index >= 15 is 0 Å². The smallest absolute Gasteiger partial charge is 0.328 e. The standard InChI is InChI=1S/C23H20ClN3O3S/c1-26-19-12-18(25-22(28)14-4-6-15(24)7-5-14)21(13-20(19)27(2)23(26)29)31-17-10-8-16(30-3)9-11-17/h4-13H,1-3H3,(H,25,28). The average Bonchev–Trinajstić information content (AvgIpc) is 2.98. The number of benzene rings is 3. The summed E-state index contributed by atoms with van der Waals surface area (Å²) < 4.78 is 8.39. The molecule has 3 aromatic carbocycles. The summed E-state index contributed by atoms with van der Waals surface area (Å²) >= 11 is 7.43. The number of aromatic nitrogens is 2. The van der Waals surface area contributed by atoms with E-state index in [9.17, 15) is 9.59 Å². The summed E-state index contributed by atoms with van der Waals surface area (Å²) in [6.45, 7) is 0. The summed E-state index contributed by atoms with van der Waals surface area (Å²) in [6, 6.07) is 18.1. The molecule has 0 aliphatic carbocycles. The third-order valence-electron chi connectivity index (χ3n) is 5.02. The minimum atomic E-state index is -0.256. The molecule has 0 fully saturated rings. The van der Waals surface area contributed by atoms with Crippen LogP contribution in [-0.2, 0) is 14.1 Å². The van der Waals surface area contributed by atoms with Crippen LogP contribution in [-0.4, -0.2) is 22.2 Å². The van der Waals surface area contributed by atoms with Gasteiger partial charge in [-0.15, -0.1) is 0 Å². The predicted molar refractivity (Wildman–Crippen MR) is 125 cm³/mol. The highest BCUT2D eigenvalue weighted by molar-refractivity contribution is 7.99. The molecule has 1 amide bonds. The molecule has 6 nitrogen and oxygen atoms in total. The molecule has 0 saturated heterocycles. The Bertz CT molecular complexity index is 1330. The molecule has 0 unspecified atom stereocenters. The fourth-order valence-electron chi connectivity index (χ4n) is 3.27. The number of halogens is 1. The summed E-state index contributed by atoms with van der Waals surface area (Å²) in [6.07, 6.45) is 0. The van der Waals surface area contributed by atoms with E-state index in [1.54, 1.807) is 54.6 Å². The van der Waals surface area contributed by atoms with Gasteiger partial charge in [0, 0.05) is 34.5 Å². The van der Waals surface area contributed by atoms with E-state index in [1.807, 2.05) is 36.4 Å². The van der Waals surface area contributed by atoms with Crippen molar-refractivity contribution in [3.63, 3.8) is 0 Å². The first-order chi connectivity index (χ1) is 14.9. The number of nitrogens with zero attached hydrogens (tertiary/aromatic N) is 2. The molecule has 158 valence electrons. The van der Waals surface area contributed by atoms with E-state index < -0.39 is 0 Å². The monoisotopic (exact) mass is 453 g/mol. The molecule has 0 saturated carbocycles. The van der Waals surface area contributed by atoms with Crippen LogP contribution in [0.25, 0.3) is 11.0 Å². The topological polar surface area (TPSA) is 65.3 Å². The Balaban J connectivity index is 1.77. The van der Waals surface area contributed by atoms with Crippen molar-refractivity contribution in [3.05, 3.63) is 81.7 Å². The highest BCUT2D eigenvalue weighted by atomic mass is 35.5. The van der Waals surface area contributed by atoms with Crippen molar-refractivity contribution in [2.45, 2.75) is 9.79 Å². The van der Waals surface area contributed by atoms with Crippen LogP contribution in [0.1, 0.15) is 10.4 Å². The van der Waals surface area contributed by atoms with Gasteiger partial charge >= 0.3 is 5.69 Å². The molecule has 4 aromatic rings. The zero-order valence-electron chi connectivity index (χ0n) is 17.2. The molecule has 1 aromatic heterocycles. The van der Waals surface area contributed by atoms with Crippen molar-refractivity contribution in [2.75, 3.05) is 12.4 Å². The molecule has 0 atom stereocenters. The zero-order chi connectivity index (χ0) is 22.1. The summed E-state index contributed by atoms with van der Waals surface area (Å²) in [5.41, 5.74) is 2.50. The Labute approximate surface area is 188 Å². The van der Waals surface area contributed by atoms with E-state index in [0.29, 0.717) is 16.3 Å². The third kappa shape index (κ3) is 4.19. The molecule has 0 aliphatic rings. The lowest BCUT2D eigenvalue weighted by Crippen LogP contribution is -2.19. The Morgan fingerprint density at radius 2 is 1.58 bits per heavy atom. The van der Waals surface area contributed by atoms with Gasteiger partial charge in [-0.25, -0.2) is 4.79 Å². The van der Waals surface area contributed by atoms with Crippen LogP contribution in [0.5, 0.6) is 5.75 Å². The summed E-state index contributed by atoms with van der Waals surface area (Å²) in [4.78, 5) is 27.1. The van der Waals surface area contributed by atoms with E-state index in [-0.39, 0.29) is 11.6 Å². The maximum atomic E-state index is 12.9. The maximum absolute atomic E-state index is 12.9. The molecule has 8 heteroatoms. The Kier molecular flexibility index (Phi) is 5.80. The Morgan fingerprint density at radius 3 is 2.19 bits per heavy atom. The largest absolute Gasteiger partial charge is 0.497 e. The molecule has 31 heavy (non-hydrogen) atoms. The van der Waals surface area contributed by atoms with Crippen molar-refractivity contribution in [3.8, 4) is 5.75 Å². The average molecular weight is 454 g/mol. The molecule has 0 spiro atoms. The van der Waals surface area contributed by atoms with Crippen molar-refractivity contribution >= 4 is 46.0 Å². The van der Waals surface area contributed by atoms with Crippen molar-refractivity contribution in [2.24, 2.45) is 14.1 Å². The number of aryl methyl sites for hydroxylation is 2. The van der Waals surface area contributed by atoms with Crippen LogP contribution in [0.4, 0.5) is 5.69 Å². The van der Waals surface area contributed by atoms with Crippen LogP contribution in [0, 0.1) is 0 Å². The molecule has 4 rings (SSSR count). The highest BCUT2D eigenvalue weighted by Gasteiger charge is 2.16. The van der Waals surface area contributed by atoms with Gasteiger partial charge in [-0.2, -0.15) is 0 Å². The fraction of sp³-hybridized carbons (Fsp3) is 0.130. The van der Waals surface area contributed by atoms with Gasteiger partial charge in [-0.05, 0) is 60.7 Å². The van der Waals surface area contributed by atoms with Gasteiger partial charge in [0.05, 0.1) is 23.8 Å². The van der Waals surface area contributed by atoms with Crippen LogP contribution in [0.15, 0.2) is 75.2 Å². The summed E-state index contributed by atoms with van der Waals surface area (Å²) in [5.74, 6) is 0.509. The fourth-order valence-corrected chi connectivity index (χ4v) is 4.32. The molecular weight excluding hydrogens is 434 g/mol. The van der Waals surface area contributed by atoms with Gasteiger partial charge in [-0.3, -0.25) is 13.9 Å². The van der Waals surface area contributed by atoms with Crippen molar-refractivity contribution < 1.29 is 9.53 Å². The second-order valence-corrected chi connectivity index (χ2v) is 8.53. The normalized spacial score (nSPS) is 11.0. The number of carbonyl (C=O) groups is 1. The molecule has 0 bridgehead atoms. The SMILES string of the molecule is COc1ccc(Sc2cc3c(cc2NC(=O)c2ccc(Cl)cc2)n(C)c(=O)n3C)cc1. The first-order valence-corrected chi connectivity index (χ1v) is 10.6. The van der Waals surface area contributed by atoms with Gasteiger partial charge in [0.25, 0.3) is 5.91 Å². The summed E-state index contributed by atoms with van der Waals surface area (Å²) in [7, 11) is 5.07. The quantitative estimate of drug-likeness (QED) is 0.464. The second-order valence-electron chi connectivity index (χ2n) is 6.98. The lowest BCUT2D eigenvalue weighted by Gasteiger charge is -2.13. The maximum Gasteiger partial charge on any atom is 0.328 e. The number of methoxy groups -OCH3 is 1. The molecule has 1 N–H and O–H groups in total. The number of hydrogen-bond acceptors (Lipinski definition) is 4.